The fraction of sp³-hybridized carbons (Fsp3) is 0.381. The van der Waals surface area contributed by atoms with Crippen molar-refractivity contribution in [2.24, 2.45) is 0 Å². The molecule has 136 valence electrons. The maximum atomic E-state index is 11.4. The first kappa shape index (κ1) is 21.1. The van der Waals surface area contributed by atoms with Crippen LogP contribution in [0.15, 0.2) is 41.5 Å². The monoisotopic (exact) mass is 360 g/mol. The van der Waals surface area contributed by atoms with Crippen LogP contribution < -0.4 is 0 Å². The van der Waals surface area contributed by atoms with Crippen molar-refractivity contribution in [3.63, 3.8) is 0 Å². The SMILES string of the molecule is CCOC(=O)/C=C(C)/C=C/C=C(C)/C=C/c1c(C)sc(COC)c1C. The number of allylic oxidation sites excluding steroid dienone is 6. The number of hydrogen-bond acceptors (Lipinski definition) is 4. The highest BCUT2D eigenvalue weighted by Crippen LogP contribution is 2.29. The largest absolute Gasteiger partial charge is 0.463 e. The second-order valence-corrected chi connectivity index (χ2v) is 7.11. The Morgan fingerprint density at radius 3 is 2.52 bits per heavy atom. The summed E-state index contributed by atoms with van der Waals surface area (Å²) in [6.45, 7) is 11.1. The van der Waals surface area contributed by atoms with Crippen molar-refractivity contribution in [1.82, 2.24) is 0 Å². The highest BCUT2D eigenvalue weighted by atomic mass is 32.1. The van der Waals surface area contributed by atoms with E-state index in [1.54, 1.807) is 25.4 Å². The molecule has 0 amide bonds. The van der Waals surface area contributed by atoms with Gasteiger partial charge >= 0.3 is 5.97 Å². The third kappa shape index (κ3) is 7.24. The summed E-state index contributed by atoms with van der Waals surface area (Å²) in [5.74, 6) is -0.305. The molecule has 0 aliphatic carbocycles. The minimum Gasteiger partial charge on any atom is -0.463 e. The molecule has 0 atom stereocenters. The fourth-order valence-corrected chi connectivity index (χ4v) is 3.42. The van der Waals surface area contributed by atoms with Crippen LogP contribution in [0.25, 0.3) is 6.08 Å². The highest BCUT2D eigenvalue weighted by Gasteiger charge is 2.09. The Morgan fingerprint density at radius 1 is 1.16 bits per heavy atom. The Balaban J connectivity index is 2.77. The van der Waals surface area contributed by atoms with Gasteiger partial charge in [-0.15, -0.1) is 11.3 Å². The quantitative estimate of drug-likeness (QED) is 0.347. The minimum atomic E-state index is -0.305. The average Bonchev–Trinajstić information content (AvgIpc) is 2.80. The Hall–Kier alpha value is -1.91. The van der Waals surface area contributed by atoms with Gasteiger partial charge in [0.1, 0.15) is 0 Å². The lowest BCUT2D eigenvalue weighted by atomic mass is 10.1. The number of rotatable bonds is 8. The summed E-state index contributed by atoms with van der Waals surface area (Å²) in [5, 5.41) is 0. The number of ether oxygens (including phenoxy) is 2. The minimum absolute atomic E-state index is 0.305. The Labute approximate surface area is 155 Å². The van der Waals surface area contributed by atoms with E-state index in [9.17, 15) is 4.79 Å². The number of methoxy groups -OCH3 is 1. The molecule has 0 aliphatic heterocycles. The molecule has 25 heavy (non-hydrogen) atoms. The van der Waals surface area contributed by atoms with Crippen LogP contribution in [0.2, 0.25) is 0 Å². The Kier molecular flexibility index (Phi) is 9.17. The van der Waals surface area contributed by atoms with Gasteiger partial charge in [-0.3, -0.25) is 0 Å². The molecule has 0 saturated carbocycles. The molecule has 0 fully saturated rings. The molecule has 4 heteroatoms. The first-order valence-corrected chi connectivity index (χ1v) is 9.16. The van der Waals surface area contributed by atoms with Crippen LogP contribution in [-0.4, -0.2) is 19.7 Å². The highest BCUT2D eigenvalue weighted by molar-refractivity contribution is 7.12. The second-order valence-electron chi connectivity index (χ2n) is 5.80. The van der Waals surface area contributed by atoms with E-state index in [0.717, 1.165) is 11.1 Å². The van der Waals surface area contributed by atoms with Crippen LogP contribution in [0.3, 0.4) is 0 Å². The molecular formula is C21H28O3S. The standard InChI is InChI=1S/C21H28O3S/c1-7-24-21(22)13-16(3)10-8-9-15(2)11-12-19-17(4)20(14-23-6)25-18(19)5/h8-13H,7,14H2,1-6H3/b10-8+,12-11+,15-9+,16-13+. The van der Waals surface area contributed by atoms with E-state index >= 15 is 0 Å². The lowest BCUT2D eigenvalue weighted by molar-refractivity contribution is -0.137. The average molecular weight is 361 g/mol. The Bertz CT molecular complexity index is 703. The third-order valence-electron chi connectivity index (χ3n) is 3.62. The molecule has 0 N–H and O–H groups in total. The molecule has 1 aromatic heterocycles. The summed E-state index contributed by atoms with van der Waals surface area (Å²) in [4.78, 5) is 13.9. The molecule has 0 unspecified atom stereocenters. The number of aryl methyl sites for hydroxylation is 1. The van der Waals surface area contributed by atoms with Gasteiger partial charge in [0, 0.05) is 22.9 Å². The van der Waals surface area contributed by atoms with E-state index in [-0.39, 0.29) is 5.97 Å². The number of carbonyl (C=O) groups is 1. The summed E-state index contributed by atoms with van der Waals surface area (Å²) >= 11 is 1.79. The van der Waals surface area contributed by atoms with Gasteiger partial charge in [0.2, 0.25) is 0 Å². The number of esters is 1. The van der Waals surface area contributed by atoms with E-state index in [2.05, 4.69) is 32.9 Å². The predicted octanol–water partition coefficient (Wildman–Crippen LogP) is 5.54. The molecule has 0 aromatic carbocycles. The molecule has 1 heterocycles. The molecular weight excluding hydrogens is 332 g/mol. The topological polar surface area (TPSA) is 35.5 Å². The van der Waals surface area contributed by atoms with Crippen LogP contribution >= 0.6 is 11.3 Å². The van der Waals surface area contributed by atoms with E-state index in [1.165, 1.54) is 27.0 Å². The summed E-state index contributed by atoms with van der Waals surface area (Å²) < 4.78 is 10.1. The normalized spacial score (nSPS) is 13.2. The predicted molar refractivity (Wildman–Crippen MR) is 107 cm³/mol. The van der Waals surface area contributed by atoms with Gasteiger partial charge in [0.05, 0.1) is 13.2 Å². The van der Waals surface area contributed by atoms with E-state index in [0.29, 0.717) is 13.2 Å². The molecule has 0 spiro atoms. The van der Waals surface area contributed by atoms with Crippen molar-refractivity contribution >= 4 is 23.4 Å². The first-order valence-electron chi connectivity index (χ1n) is 8.34. The van der Waals surface area contributed by atoms with Crippen molar-refractivity contribution in [2.45, 2.75) is 41.2 Å². The zero-order valence-electron chi connectivity index (χ0n) is 16.0. The summed E-state index contributed by atoms with van der Waals surface area (Å²) in [7, 11) is 1.72. The van der Waals surface area contributed by atoms with Crippen LogP contribution in [0.5, 0.6) is 0 Å². The van der Waals surface area contributed by atoms with Crippen molar-refractivity contribution in [2.75, 3.05) is 13.7 Å². The maximum Gasteiger partial charge on any atom is 0.330 e. The summed E-state index contributed by atoms with van der Waals surface area (Å²) in [6, 6.07) is 0. The molecule has 1 rings (SSSR count). The number of hydrogen-bond donors (Lipinski definition) is 0. The molecule has 3 nitrogen and oxygen atoms in total. The van der Waals surface area contributed by atoms with E-state index in [4.69, 9.17) is 9.47 Å². The van der Waals surface area contributed by atoms with Crippen LogP contribution in [0, 0.1) is 13.8 Å². The zero-order chi connectivity index (χ0) is 18.8. The van der Waals surface area contributed by atoms with Crippen molar-refractivity contribution in [1.29, 1.82) is 0 Å². The first-order chi connectivity index (χ1) is 11.9. The molecule has 1 aromatic rings. The molecule has 0 saturated heterocycles. The van der Waals surface area contributed by atoms with Gasteiger partial charge in [-0.1, -0.05) is 36.0 Å². The van der Waals surface area contributed by atoms with Gasteiger partial charge < -0.3 is 9.47 Å². The molecule has 0 radical (unpaired) electrons. The van der Waals surface area contributed by atoms with Crippen LogP contribution in [0.4, 0.5) is 0 Å². The van der Waals surface area contributed by atoms with Crippen LogP contribution in [0.1, 0.15) is 41.7 Å². The lowest BCUT2D eigenvalue weighted by Crippen LogP contribution is -1.99. The number of thiophene rings is 1. The molecule has 0 aliphatic rings. The smallest absolute Gasteiger partial charge is 0.330 e. The maximum absolute atomic E-state index is 11.4. The van der Waals surface area contributed by atoms with E-state index < -0.39 is 0 Å². The number of carbonyl (C=O) groups excluding carboxylic acids is 1. The van der Waals surface area contributed by atoms with Crippen molar-refractivity contribution in [3.05, 3.63) is 62.4 Å². The van der Waals surface area contributed by atoms with Crippen LogP contribution in [-0.2, 0) is 20.9 Å². The van der Waals surface area contributed by atoms with Gasteiger partial charge in [0.25, 0.3) is 0 Å². The van der Waals surface area contributed by atoms with Gasteiger partial charge in [-0.25, -0.2) is 4.79 Å². The summed E-state index contributed by atoms with van der Waals surface area (Å²) in [5.41, 5.74) is 4.56. The fourth-order valence-electron chi connectivity index (χ4n) is 2.28. The lowest BCUT2D eigenvalue weighted by Gasteiger charge is -1.98. The second kappa shape index (κ2) is 10.9. The third-order valence-corrected chi connectivity index (χ3v) is 4.81. The van der Waals surface area contributed by atoms with Gasteiger partial charge in [-0.05, 0) is 51.3 Å². The van der Waals surface area contributed by atoms with Crippen molar-refractivity contribution in [3.8, 4) is 0 Å². The summed E-state index contributed by atoms with van der Waals surface area (Å²) in [6.07, 6.45) is 11.6. The molecule has 0 bridgehead atoms. The van der Waals surface area contributed by atoms with E-state index in [1.807, 2.05) is 25.2 Å². The van der Waals surface area contributed by atoms with Gasteiger partial charge in [-0.2, -0.15) is 0 Å². The van der Waals surface area contributed by atoms with Gasteiger partial charge in [0.15, 0.2) is 0 Å². The Morgan fingerprint density at radius 2 is 1.88 bits per heavy atom. The zero-order valence-corrected chi connectivity index (χ0v) is 16.8. The van der Waals surface area contributed by atoms with Crippen molar-refractivity contribution < 1.29 is 14.3 Å².